The summed E-state index contributed by atoms with van der Waals surface area (Å²) in [6.07, 6.45) is 2.31. The summed E-state index contributed by atoms with van der Waals surface area (Å²) in [6.45, 7) is 6.31. The molecule has 0 bridgehead atoms. The molecular formula is C8H18O2S. The van der Waals surface area contributed by atoms with Crippen molar-refractivity contribution in [1.29, 1.82) is 0 Å². The average Bonchev–Trinajstić information content (AvgIpc) is 1.86. The molecule has 3 unspecified atom stereocenters. The zero-order valence-electron chi connectivity index (χ0n) is 7.54. The molecule has 0 aromatic carbocycles. The van der Waals surface area contributed by atoms with Crippen LogP contribution in [0.4, 0.5) is 0 Å². The first-order chi connectivity index (χ1) is 5.07. The molecule has 0 aromatic rings. The minimum atomic E-state index is -1.62. The molecule has 0 aromatic heterocycles. The molecule has 3 atom stereocenters. The maximum absolute atomic E-state index is 10.4. The maximum atomic E-state index is 10.4. The van der Waals surface area contributed by atoms with Crippen molar-refractivity contribution >= 4 is 11.1 Å². The predicted octanol–water partition coefficient (Wildman–Crippen LogP) is 2.28. The van der Waals surface area contributed by atoms with Crippen LogP contribution in [0.5, 0.6) is 0 Å². The normalized spacial score (nSPS) is 19.3. The molecule has 0 rings (SSSR count). The van der Waals surface area contributed by atoms with E-state index in [2.05, 4.69) is 13.8 Å². The van der Waals surface area contributed by atoms with Crippen molar-refractivity contribution in [3.63, 3.8) is 0 Å². The van der Waals surface area contributed by atoms with Gasteiger partial charge >= 0.3 is 0 Å². The van der Waals surface area contributed by atoms with Crippen molar-refractivity contribution in [2.45, 2.75) is 33.6 Å². The van der Waals surface area contributed by atoms with E-state index in [1.165, 1.54) is 0 Å². The van der Waals surface area contributed by atoms with Gasteiger partial charge in [0.15, 0.2) is 11.1 Å². The zero-order chi connectivity index (χ0) is 8.85. The Morgan fingerprint density at radius 3 is 2.27 bits per heavy atom. The Labute approximate surface area is 71.7 Å². The van der Waals surface area contributed by atoms with Gasteiger partial charge in [-0.15, -0.1) is 0 Å². The Morgan fingerprint density at radius 1 is 1.36 bits per heavy atom. The minimum absolute atomic E-state index is 0.362. The van der Waals surface area contributed by atoms with Gasteiger partial charge < -0.3 is 4.55 Å². The standard InChI is InChI=1S/C8H18O2S/c1-4-5-7(2)8(3)6-11(9)10/h7-8H,4-6H2,1-3H3,(H,9,10). The van der Waals surface area contributed by atoms with Crippen LogP contribution >= 0.6 is 0 Å². The first-order valence-electron chi connectivity index (χ1n) is 4.15. The third-order valence-corrected chi connectivity index (χ3v) is 2.93. The SMILES string of the molecule is CCCC(C)C(C)CS(=O)O. The third-order valence-electron chi connectivity index (χ3n) is 2.12. The summed E-state index contributed by atoms with van der Waals surface area (Å²) < 4.78 is 19.0. The summed E-state index contributed by atoms with van der Waals surface area (Å²) >= 11 is -1.62. The maximum Gasteiger partial charge on any atom is 0.153 e. The van der Waals surface area contributed by atoms with Gasteiger partial charge in [0, 0.05) is 0 Å². The lowest BCUT2D eigenvalue weighted by Crippen LogP contribution is -2.15. The lowest BCUT2D eigenvalue weighted by Gasteiger charge is -2.16. The van der Waals surface area contributed by atoms with E-state index in [9.17, 15) is 4.21 Å². The van der Waals surface area contributed by atoms with Gasteiger partial charge in [0.25, 0.3) is 0 Å². The van der Waals surface area contributed by atoms with E-state index in [4.69, 9.17) is 4.55 Å². The number of hydrogen-bond donors (Lipinski definition) is 1. The Morgan fingerprint density at radius 2 is 1.91 bits per heavy atom. The molecule has 0 heterocycles. The minimum Gasteiger partial charge on any atom is -0.306 e. The van der Waals surface area contributed by atoms with Gasteiger partial charge in [0.05, 0.1) is 5.75 Å². The molecule has 0 aliphatic heterocycles. The van der Waals surface area contributed by atoms with E-state index in [0.717, 1.165) is 12.8 Å². The highest BCUT2D eigenvalue weighted by Crippen LogP contribution is 2.16. The Bertz CT molecular complexity index is 125. The molecule has 0 radical (unpaired) electrons. The first kappa shape index (κ1) is 11.1. The molecule has 0 spiro atoms. The molecule has 0 saturated carbocycles. The second-order valence-electron chi connectivity index (χ2n) is 3.23. The van der Waals surface area contributed by atoms with E-state index < -0.39 is 11.1 Å². The van der Waals surface area contributed by atoms with Crippen LogP contribution < -0.4 is 0 Å². The smallest absolute Gasteiger partial charge is 0.153 e. The largest absolute Gasteiger partial charge is 0.306 e. The van der Waals surface area contributed by atoms with Crippen LogP contribution in [0.3, 0.4) is 0 Å². The van der Waals surface area contributed by atoms with Crippen molar-refractivity contribution in [3.8, 4) is 0 Å². The molecule has 11 heavy (non-hydrogen) atoms. The fourth-order valence-corrected chi connectivity index (χ4v) is 1.91. The van der Waals surface area contributed by atoms with Gasteiger partial charge in [-0.2, -0.15) is 0 Å². The van der Waals surface area contributed by atoms with Crippen LogP contribution in [-0.2, 0) is 11.1 Å². The van der Waals surface area contributed by atoms with E-state index in [1.807, 2.05) is 6.92 Å². The first-order valence-corrected chi connectivity index (χ1v) is 5.43. The summed E-state index contributed by atoms with van der Waals surface area (Å²) in [5, 5.41) is 0. The van der Waals surface area contributed by atoms with Gasteiger partial charge in [-0.05, 0) is 11.8 Å². The highest BCUT2D eigenvalue weighted by Gasteiger charge is 2.12. The summed E-state index contributed by atoms with van der Waals surface area (Å²) in [6, 6.07) is 0. The van der Waals surface area contributed by atoms with Gasteiger partial charge in [-0.3, -0.25) is 0 Å². The van der Waals surface area contributed by atoms with Crippen LogP contribution in [0.15, 0.2) is 0 Å². The highest BCUT2D eigenvalue weighted by molar-refractivity contribution is 7.79. The molecule has 1 N–H and O–H groups in total. The molecule has 0 saturated heterocycles. The molecule has 2 nitrogen and oxygen atoms in total. The van der Waals surface area contributed by atoms with Crippen molar-refractivity contribution in [2.75, 3.05) is 5.75 Å². The highest BCUT2D eigenvalue weighted by atomic mass is 32.2. The van der Waals surface area contributed by atoms with Crippen LogP contribution in [0.25, 0.3) is 0 Å². The zero-order valence-corrected chi connectivity index (χ0v) is 8.36. The van der Waals surface area contributed by atoms with Crippen LogP contribution in [0.1, 0.15) is 33.6 Å². The fourth-order valence-electron chi connectivity index (χ4n) is 1.13. The van der Waals surface area contributed by atoms with E-state index in [1.54, 1.807) is 0 Å². The van der Waals surface area contributed by atoms with Crippen molar-refractivity contribution in [2.24, 2.45) is 11.8 Å². The van der Waals surface area contributed by atoms with Crippen LogP contribution in [-0.4, -0.2) is 14.5 Å². The third kappa shape index (κ3) is 5.39. The number of hydrogen-bond acceptors (Lipinski definition) is 1. The summed E-state index contributed by atoms with van der Waals surface area (Å²) in [4.78, 5) is 0. The summed E-state index contributed by atoms with van der Waals surface area (Å²) in [5.41, 5.74) is 0. The molecule has 0 amide bonds. The molecule has 0 aliphatic rings. The van der Waals surface area contributed by atoms with E-state index in [0.29, 0.717) is 17.6 Å². The monoisotopic (exact) mass is 178 g/mol. The lowest BCUT2D eigenvalue weighted by molar-refractivity contribution is 0.386. The topological polar surface area (TPSA) is 37.3 Å². The Balaban J connectivity index is 3.63. The summed E-state index contributed by atoms with van der Waals surface area (Å²) in [7, 11) is 0. The predicted molar refractivity (Wildman–Crippen MR) is 48.9 cm³/mol. The van der Waals surface area contributed by atoms with Crippen molar-refractivity contribution in [1.82, 2.24) is 0 Å². The quantitative estimate of drug-likeness (QED) is 0.656. The molecule has 0 fully saturated rings. The average molecular weight is 178 g/mol. The summed E-state index contributed by atoms with van der Waals surface area (Å²) in [5.74, 6) is 1.35. The van der Waals surface area contributed by atoms with Crippen LogP contribution in [0, 0.1) is 11.8 Å². The second-order valence-corrected chi connectivity index (χ2v) is 4.21. The van der Waals surface area contributed by atoms with Crippen molar-refractivity contribution in [3.05, 3.63) is 0 Å². The van der Waals surface area contributed by atoms with E-state index >= 15 is 0 Å². The molecule has 68 valence electrons. The molecule has 3 heteroatoms. The number of rotatable bonds is 5. The molecule has 0 aliphatic carbocycles. The second kappa shape index (κ2) is 5.72. The van der Waals surface area contributed by atoms with Gasteiger partial charge in [0.1, 0.15) is 0 Å². The van der Waals surface area contributed by atoms with Gasteiger partial charge in [-0.25, -0.2) is 4.21 Å². The Kier molecular flexibility index (Phi) is 5.78. The van der Waals surface area contributed by atoms with Crippen LogP contribution in [0.2, 0.25) is 0 Å². The van der Waals surface area contributed by atoms with Gasteiger partial charge in [-0.1, -0.05) is 33.6 Å². The Hall–Kier alpha value is 0.110. The molecular weight excluding hydrogens is 160 g/mol. The van der Waals surface area contributed by atoms with E-state index in [-0.39, 0.29) is 0 Å². The fraction of sp³-hybridized carbons (Fsp3) is 1.00. The van der Waals surface area contributed by atoms with Crippen molar-refractivity contribution < 1.29 is 8.76 Å². The lowest BCUT2D eigenvalue weighted by atomic mass is 9.93. The van der Waals surface area contributed by atoms with Gasteiger partial charge in [0.2, 0.25) is 0 Å².